The van der Waals surface area contributed by atoms with Gasteiger partial charge in [0, 0.05) is 34.7 Å². The van der Waals surface area contributed by atoms with Crippen LogP contribution in [0.1, 0.15) is 41.0 Å². The van der Waals surface area contributed by atoms with Gasteiger partial charge in [-0.3, -0.25) is 9.59 Å². The zero-order valence-electron chi connectivity index (χ0n) is 18.6. The van der Waals surface area contributed by atoms with E-state index in [1.807, 2.05) is 36.4 Å². The van der Waals surface area contributed by atoms with Crippen LogP contribution in [0.15, 0.2) is 72.8 Å². The first-order valence-electron chi connectivity index (χ1n) is 10.7. The summed E-state index contributed by atoms with van der Waals surface area (Å²) in [7, 11) is 1.59. The molecule has 0 aliphatic carbocycles. The van der Waals surface area contributed by atoms with Crippen LogP contribution in [-0.2, 0) is 0 Å². The molecular formula is C26H29N3O3. The first-order valence-corrected chi connectivity index (χ1v) is 10.7. The van der Waals surface area contributed by atoms with Crippen LogP contribution in [0.5, 0.6) is 5.75 Å². The molecule has 6 nitrogen and oxygen atoms in total. The maximum Gasteiger partial charge on any atom is 0.255 e. The number of rotatable bonds is 9. The molecule has 0 aromatic heterocycles. The molecule has 0 saturated heterocycles. The third kappa shape index (κ3) is 6.60. The molecule has 0 spiro atoms. The van der Waals surface area contributed by atoms with E-state index in [1.54, 1.807) is 43.5 Å². The number of amides is 2. The number of benzene rings is 3. The molecule has 0 fully saturated rings. The van der Waals surface area contributed by atoms with Crippen LogP contribution in [0.4, 0.5) is 17.1 Å². The Morgan fingerprint density at radius 1 is 0.812 bits per heavy atom. The molecule has 0 atom stereocenters. The lowest BCUT2D eigenvalue weighted by atomic mass is 10.1. The highest BCUT2D eigenvalue weighted by Crippen LogP contribution is 2.21. The van der Waals surface area contributed by atoms with Crippen molar-refractivity contribution in [1.29, 1.82) is 0 Å². The standard InChI is InChI=1S/C26H29N3O3/c1-18(2)15-16-27-25(30)19-7-11-21(12-8-19)28-22-5-4-6-23(17-22)29-26(31)20-9-13-24(32-3)14-10-20/h4-14,17-18,28H,15-16H2,1-3H3,(H,27,30)(H,29,31). The number of hydrogen-bond acceptors (Lipinski definition) is 4. The van der Waals surface area contributed by atoms with Crippen molar-refractivity contribution in [2.75, 3.05) is 24.3 Å². The minimum atomic E-state index is -0.197. The molecule has 0 aliphatic rings. The highest BCUT2D eigenvalue weighted by molar-refractivity contribution is 6.04. The second-order valence-corrected chi connectivity index (χ2v) is 7.90. The lowest BCUT2D eigenvalue weighted by molar-refractivity contribution is 0.0951. The molecule has 3 rings (SSSR count). The third-order valence-corrected chi connectivity index (χ3v) is 4.92. The monoisotopic (exact) mass is 431 g/mol. The predicted molar refractivity (Wildman–Crippen MR) is 129 cm³/mol. The first-order chi connectivity index (χ1) is 15.4. The van der Waals surface area contributed by atoms with Crippen LogP contribution < -0.4 is 20.7 Å². The zero-order valence-corrected chi connectivity index (χ0v) is 18.6. The molecule has 3 aromatic rings. The minimum absolute atomic E-state index is 0.0690. The Kier molecular flexibility index (Phi) is 7.86. The quantitative estimate of drug-likeness (QED) is 0.420. The van der Waals surface area contributed by atoms with Gasteiger partial charge in [-0.15, -0.1) is 0 Å². The molecule has 6 heteroatoms. The van der Waals surface area contributed by atoms with Crippen LogP contribution in [-0.4, -0.2) is 25.5 Å². The maximum atomic E-state index is 12.5. The van der Waals surface area contributed by atoms with E-state index in [1.165, 1.54) is 0 Å². The Morgan fingerprint density at radius 3 is 2.09 bits per heavy atom. The van der Waals surface area contributed by atoms with Gasteiger partial charge >= 0.3 is 0 Å². The maximum absolute atomic E-state index is 12.5. The Labute approximate surface area is 189 Å². The summed E-state index contributed by atoms with van der Waals surface area (Å²) in [6.07, 6.45) is 0.955. The first kappa shape index (κ1) is 22.9. The molecule has 0 aliphatic heterocycles. The normalized spacial score (nSPS) is 10.5. The summed E-state index contributed by atoms with van der Waals surface area (Å²) in [6.45, 7) is 4.93. The van der Waals surface area contributed by atoms with Crippen LogP contribution in [0.2, 0.25) is 0 Å². The third-order valence-electron chi connectivity index (χ3n) is 4.92. The number of methoxy groups -OCH3 is 1. The Hall–Kier alpha value is -3.80. The fraction of sp³-hybridized carbons (Fsp3) is 0.231. The van der Waals surface area contributed by atoms with E-state index in [-0.39, 0.29) is 11.8 Å². The van der Waals surface area contributed by atoms with Crippen LogP contribution in [0.25, 0.3) is 0 Å². The topological polar surface area (TPSA) is 79.5 Å². The van der Waals surface area contributed by atoms with E-state index in [2.05, 4.69) is 29.8 Å². The molecule has 0 bridgehead atoms. The summed E-state index contributed by atoms with van der Waals surface area (Å²) >= 11 is 0. The van der Waals surface area contributed by atoms with Crippen LogP contribution in [0, 0.1) is 5.92 Å². The summed E-state index contributed by atoms with van der Waals surface area (Å²) in [5.41, 5.74) is 3.53. The number of anilines is 3. The van der Waals surface area contributed by atoms with Gasteiger partial charge in [0.2, 0.25) is 0 Å². The largest absolute Gasteiger partial charge is 0.497 e. The smallest absolute Gasteiger partial charge is 0.255 e. The summed E-state index contributed by atoms with van der Waals surface area (Å²) in [5, 5.41) is 9.14. The highest BCUT2D eigenvalue weighted by Gasteiger charge is 2.08. The van der Waals surface area contributed by atoms with Crippen molar-refractivity contribution in [2.24, 2.45) is 5.92 Å². The van der Waals surface area contributed by atoms with Crippen LogP contribution in [0.3, 0.4) is 0 Å². The molecule has 166 valence electrons. The van der Waals surface area contributed by atoms with Crippen molar-refractivity contribution in [3.8, 4) is 5.75 Å². The molecule has 0 heterocycles. The SMILES string of the molecule is COc1ccc(C(=O)Nc2cccc(Nc3ccc(C(=O)NCCC(C)C)cc3)c2)cc1. The fourth-order valence-corrected chi connectivity index (χ4v) is 3.07. The molecule has 32 heavy (non-hydrogen) atoms. The van der Waals surface area contributed by atoms with Gasteiger partial charge in [-0.05, 0) is 79.1 Å². The van der Waals surface area contributed by atoms with Gasteiger partial charge in [-0.25, -0.2) is 0 Å². The van der Waals surface area contributed by atoms with Gasteiger partial charge in [0.15, 0.2) is 0 Å². The van der Waals surface area contributed by atoms with Crippen molar-refractivity contribution >= 4 is 28.9 Å². The van der Waals surface area contributed by atoms with Gasteiger partial charge in [-0.2, -0.15) is 0 Å². The van der Waals surface area contributed by atoms with Gasteiger partial charge in [0.25, 0.3) is 11.8 Å². The second-order valence-electron chi connectivity index (χ2n) is 7.90. The molecule has 2 amide bonds. The summed E-state index contributed by atoms with van der Waals surface area (Å²) in [4.78, 5) is 24.7. The predicted octanol–water partition coefficient (Wildman–Crippen LogP) is 5.47. The van der Waals surface area contributed by atoms with Gasteiger partial charge < -0.3 is 20.7 Å². The van der Waals surface area contributed by atoms with E-state index >= 15 is 0 Å². The molecule has 3 N–H and O–H groups in total. The van der Waals surface area contributed by atoms with E-state index in [0.29, 0.717) is 35.0 Å². The van der Waals surface area contributed by atoms with Crippen LogP contribution >= 0.6 is 0 Å². The van der Waals surface area contributed by atoms with E-state index < -0.39 is 0 Å². The molecule has 0 saturated carbocycles. The minimum Gasteiger partial charge on any atom is -0.497 e. The number of carbonyl (C=O) groups is 2. The van der Waals surface area contributed by atoms with Gasteiger partial charge in [0.1, 0.15) is 5.75 Å². The molecule has 0 unspecified atom stereocenters. The van der Waals surface area contributed by atoms with E-state index in [0.717, 1.165) is 17.8 Å². The Bertz CT molecular complexity index is 1040. The fourth-order valence-electron chi connectivity index (χ4n) is 3.07. The number of nitrogens with one attached hydrogen (secondary N) is 3. The van der Waals surface area contributed by atoms with Crippen molar-refractivity contribution in [2.45, 2.75) is 20.3 Å². The number of carbonyl (C=O) groups excluding carboxylic acids is 2. The summed E-state index contributed by atoms with van der Waals surface area (Å²) < 4.78 is 5.12. The van der Waals surface area contributed by atoms with Crippen molar-refractivity contribution in [3.05, 3.63) is 83.9 Å². The lowest BCUT2D eigenvalue weighted by Crippen LogP contribution is -2.25. The van der Waals surface area contributed by atoms with Crippen molar-refractivity contribution in [3.63, 3.8) is 0 Å². The second kappa shape index (κ2) is 11.0. The lowest BCUT2D eigenvalue weighted by Gasteiger charge is -2.11. The average Bonchev–Trinajstić information content (AvgIpc) is 2.79. The van der Waals surface area contributed by atoms with Gasteiger partial charge in [0.05, 0.1) is 7.11 Å². The number of ether oxygens (including phenoxy) is 1. The zero-order chi connectivity index (χ0) is 22.9. The Balaban J connectivity index is 1.59. The summed E-state index contributed by atoms with van der Waals surface area (Å²) in [5.74, 6) is 0.989. The van der Waals surface area contributed by atoms with Gasteiger partial charge in [-0.1, -0.05) is 19.9 Å². The Morgan fingerprint density at radius 2 is 1.44 bits per heavy atom. The molecular weight excluding hydrogens is 402 g/mol. The highest BCUT2D eigenvalue weighted by atomic mass is 16.5. The number of hydrogen-bond donors (Lipinski definition) is 3. The van der Waals surface area contributed by atoms with E-state index in [4.69, 9.17) is 4.74 Å². The van der Waals surface area contributed by atoms with Crippen molar-refractivity contribution in [1.82, 2.24) is 5.32 Å². The van der Waals surface area contributed by atoms with E-state index in [9.17, 15) is 9.59 Å². The molecule has 3 aromatic carbocycles. The summed E-state index contributed by atoms with van der Waals surface area (Å²) in [6, 6.07) is 21.7. The average molecular weight is 432 g/mol. The van der Waals surface area contributed by atoms with Crippen molar-refractivity contribution < 1.29 is 14.3 Å². The molecule has 0 radical (unpaired) electrons.